The molecule has 0 aliphatic carbocycles. The second-order valence-electron chi connectivity index (χ2n) is 7.35. The van der Waals surface area contributed by atoms with Gasteiger partial charge in [-0.1, -0.05) is 0 Å². The monoisotopic (exact) mass is 476 g/mol. The Morgan fingerprint density at radius 3 is 2.00 bits per heavy atom. The summed E-state index contributed by atoms with van der Waals surface area (Å²) in [5, 5.41) is 8.76. The first-order chi connectivity index (χ1) is 10.3. The second-order valence-corrected chi connectivity index (χ2v) is 10.2. The van der Waals surface area contributed by atoms with Gasteiger partial charge in [-0.25, -0.2) is 13.4 Å². The molecule has 0 aromatic carbocycles. The van der Waals surface area contributed by atoms with Gasteiger partial charge in [0.05, 0.1) is 10.5 Å². The molecule has 0 unspecified atom stereocenters. The average molecular weight is 476 g/mol. The quantitative estimate of drug-likeness (QED) is 0.305. The van der Waals surface area contributed by atoms with Crippen molar-refractivity contribution >= 4 is 45.7 Å². The molecule has 7 nitrogen and oxygen atoms in total. The van der Waals surface area contributed by atoms with Crippen LogP contribution in [0.25, 0.3) is 0 Å². The van der Waals surface area contributed by atoms with Crippen LogP contribution in [0.5, 0.6) is 0 Å². The molecule has 0 atom stereocenters. The summed E-state index contributed by atoms with van der Waals surface area (Å²) in [6, 6.07) is 0. The first-order valence-electron chi connectivity index (χ1n) is 7.84. The fourth-order valence-corrected chi connectivity index (χ4v) is 2.54. The predicted octanol–water partition coefficient (Wildman–Crippen LogP) is 1.29. The fraction of sp³-hybridized carbons (Fsp3) is 0.867. The number of halogens is 1. The number of carbonyl (C=O) groups excluding carboxylic acids is 1. The Hall–Kier alpha value is -0.580. The highest BCUT2D eigenvalue weighted by Gasteiger charge is 2.28. The van der Waals surface area contributed by atoms with Crippen LogP contribution in [0.15, 0.2) is 4.99 Å². The van der Waals surface area contributed by atoms with Gasteiger partial charge in [0, 0.05) is 18.6 Å². The van der Waals surface area contributed by atoms with Crippen molar-refractivity contribution in [2.45, 2.75) is 58.8 Å². The SMILES string of the molecule is CCNC(=NCC(=O)NC(C)(C)C)NCCS(=O)(=O)C(C)(C)C.I. The first-order valence-corrected chi connectivity index (χ1v) is 9.49. The smallest absolute Gasteiger partial charge is 0.242 e. The molecule has 0 aliphatic rings. The van der Waals surface area contributed by atoms with Crippen LogP contribution in [-0.4, -0.2) is 56.0 Å². The van der Waals surface area contributed by atoms with E-state index in [1.165, 1.54) is 0 Å². The van der Waals surface area contributed by atoms with Crippen molar-refractivity contribution in [2.75, 3.05) is 25.4 Å². The Bertz CT molecular complexity index is 520. The molecule has 0 saturated heterocycles. The molecule has 0 aromatic rings. The van der Waals surface area contributed by atoms with Crippen LogP contribution in [0.2, 0.25) is 0 Å². The van der Waals surface area contributed by atoms with E-state index in [0.29, 0.717) is 12.5 Å². The molecule has 9 heteroatoms. The van der Waals surface area contributed by atoms with E-state index in [1.807, 2.05) is 27.7 Å². The Labute approximate surface area is 163 Å². The molecule has 0 bridgehead atoms. The van der Waals surface area contributed by atoms with Crippen molar-refractivity contribution < 1.29 is 13.2 Å². The van der Waals surface area contributed by atoms with E-state index in [4.69, 9.17) is 0 Å². The molecular formula is C15H33IN4O3S. The number of sulfone groups is 1. The first kappa shape index (κ1) is 25.7. The van der Waals surface area contributed by atoms with Crippen LogP contribution >= 0.6 is 24.0 Å². The number of amides is 1. The van der Waals surface area contributed by atoms with Gasteiger partial charge in [0.1, 0.15) is 6.54 Å². The summed E-state index contributed by atoms with van der Waals surface area (Å²) in [6.07, 6.45) is 0. The molecule has 0 heterocycles. The molecule has 0 spiro atoms. The van der Waals surface area contributed by atoms with Crippen LogP contribution in [-0.2, 0) is 14.6 Å². The average Bonchev–Trinajstić information content (AvgIpc) is 2.32. The zero-order valence-corrected chi connectivity index (χ0v) is 19.0. The van der Waals surface area contributed by atoms with Crippen LogP contribution in [0.3, 0.4) is 0 Å². The Kier molecular flexibility index (Phi) is 11.1. The lowest BCUT2D eigenvalue weighted by atomic mass is 10.1. The van der Waals surface area contributed by atoms with Gasteiger partial charge in [0.15, 0.2) is 15.8 Å². The number of rotatable bonds is 6. The minimum atomic E-state index is -3.19. The highest BCUT2D eigenvalue weighted by Crippen LogP contribution is 2.15. The van der Waals surface area contributed by atoms with Gasteiger partial charge in [-0.2, -0.15) is 0 Å². The summed E-state index contributed by atoms with van der Waals surface area (Å²) < 4.78 is 23.3. The Morgan fingerprint density at radius 1 is 1.04 bits per heavy atom. The van der Waals surface area contributed by atoms with Gasteiger partial charge in [-0.05, 0) is 48.5 Å². The number of guanidine groups is 1. The third kappa shape index (κ3) is 11.1. The molecule has 0 aliphatic heterocycles. The zero-order chi connectivity index (χ0) is 18.3. The molecule has 0 rings (SSSR count). The van der Waals surface area contributed by atoms with Gasteiger partial charge in [0.25, 0.3) is 0 Å². The molecule has 0 fully saturated rings. The van der Waals surface area contributed by atoms with Crippen molar-refractivity contribution in [1.29, 1.82) is 0 Å². The summed E-state index contributed by atoms with van der Waals surface area (Å²) in [5.41, 5.74) is -0.306. The molecular weight excluding hydrogens is 443 g/mol. The summed E-state index contributed by atoms with van der Waals surface area (Å²) in [4.78, 5) is 15.9. The second kappa shape index (κ2) is 10.4. The van der Waals surface area contributed by atoms with Crippen molar-refractivity contribution in [3.8, 4) is 0 Å². The molecule has 24 heavy (non-hydrogen) atoms. The van der Waals surface area contributed by atoms with Gasteiger partial charge in [0.2, 0.25) is 5.91 Å². The van der Waals surface area contributed by atoms with Gasteiger partial charge in [-0.3, -0.25) is 4.79 Å². The van der Waals surface area contributed by atoms with Crippen molar-refractivity contribution in [1.82, 2.24) is 16.0 Å². The molecule has 0 radical (unpaired) electrons. The van der Waals surface area contributed by atoms with E-state index in [0.717, 1.165) is 0 Å². The molecule has 1 amide bonds. The summed E-state index contributed by atoms with van der Waals surface area (Å²) in [7, 11) is -3.19. The third-order valence-corrected chi connectivity index (χ3v) is 5.44. The maximum atomic E-state index is 12.0. The lowest BCUT2D eigenvalue weighted by molar-refractivity contribution is -0.121. The number of hydrogen-bond acceptors (Lipinski definition) is 4. The maximum Gasteiger partial charge on any atom is 0.242 e. The normalized spacial score (nSPS) is 13.0. The highest BCUT2D eigenvalue weighted by atomic mass is 127. The largest absolute Gasteiger partial charge is 0.357 e. The third-order valence-electron chi connectivity index (χ3n) is 2.84. The van der Waals surface area contributed by atoms with Gasteiger partial charge < -0.3 is 16.0 Å². The molecule has 0 aromatic heterocycles. The highest BCUT2D eigenvalue weighted by molar-refractivity contribution is 14.0. The van der Waals surface area contributed by atoms with E-state index >= 15 is 0 Å². The van der Waals surface area contributed by atoms with Crippen molar-refractivity contribution in [2.24, 2.45) is 4.99 Å². The number of carbonyl (C=O) groups is 1. The zero-order valence-electron chi connectivity index (χ0n) is 15.8. The molecule has 3 N–H and O–H groups in total. The lowest BCUT2D eigenvalue weighted by Gasteiger charge is -2.20. The standard InChI is InChI=1S/C15H32N4O3S.HI/c1-8-16-13(18-11-12(20)19-14(2,3)4)17-9-10-23(21,22)15(5,6)7;/h8-11H2,1-7H3,(H,19,20)(H2,16,17,18);1H. The van der Waals surface area contributed by atoms with Gasteiger partial charge >= 0.3 is 0 Å². The summed E-state index contributed by atoms with van der Waals surface area (Å²) in [6.45, 7) is 13.5. The number of aliphatic imine (C=N–C) groups is 1. The van der Waals surface area contributed by atoms with E-state index in [1.54, 1.807) is 20.8 Å². The van der Waals surface area contributed by atoms with Crippen LogP contribution < -0.4 is 16.0 Å². The Balaban J connectivity index is 0. The fourth-order valence-electron chi connectivity index (χ4n) is 1.56. The molecule has 0 saturated carbocycles. The van der Waals surface area contributed by atoms with Crippen molar-refractivity contribution in [3.63, 3.8) is 0 Å². The minimum absolute atomic E-state index is 0. The summed E-state index contributed by atoms with van der Waals surface area (Å²) >= 11 is 0. The minimum Gasteiger partial charge on any atom is -0.357 e. The number of hydrogen-bond donors (Lipinski definition) is 3. The van der Waals surface area contributed by atoms with Crippen LogP contribution in [0.1, 0.15) is 48.5 Å². The summed E-state index contributed by atoms with van der Waals surface area (Å²) in [5.74, 6) is 0.257. The molecule has 144 valence electrons. The van der Waals surface area contributed by atoms with E-state index < -0.39 is 14.6 Å². The topological polar surface area (TPSA) is 99.7 Å². The van der Waals surface area contributed by atoms with Crippen molar-refractivity contribution in [3.05, 3.63) is 0 Å². The predicted molar refractivity (Wildman–Crippen MR) is 111 cm³/mol. The van der Waals surface area contributed by atoms with E-state index in [9.17, 15) is 13.2 Å². The van der Waals surface area contributed by atoms with Gasteiger partial charge in [-0.15, -0.1) is 24.0 Å². The van der Waals surface area contributed by atoms with Crippen LogP contribution in [0, 0.1) is 0 Å². The van der Waals surface area contributed by atoms with E-state index in [-0.39, 0.29) is 54.3 Å². The van der Waals surface area contributed by atoms with E-state index in [2.05, 4.69) is 20.9 Å². The lowest BCUT2D eigenvalue weighted by Crippen LogP contribution is -2.44. The Morgan fingerprint density at radius 2 is 1.58 bits per heavy atom. The number of nitrogens with one attached hydrogen (secondary N) is 3. The van der Waals surface area contributed by atoms with Crippen LogP contribution in [0.4, 0.5) is 0 Å². The number of nitrogens with zero attached hydrogens (tertiary/aromatic N) is 1. The maximum absolute atomic E-state index is 12.0.